The van der Waals surface area contributed by atoms with Gasteiger partial charge in [-0.3, -0.25) is 0 Å². The molecule has 0 spiro atoms. The van der Waals surface area contributed by atoms with Crippen molar-refractivity contribution in [3.63, 3.8) is 0 Å². The van der Waals surface area contributed by atoms with Gasteiger partial charge in [-0.05, 0) is 6.42 Å². The minimum absolute atomic E-state index is 0.0959. The van der Waals surface area contributed by atoms with Crippen LogP contribution in [0.25, 0.3) is 0 Å². The van der Waals surface area contributed by atoms with Crippen molar-refractivity contribution in [2.75, 3.05) is 6.61 Å². The predicted octanol–water partition coefficient (Wildman–Crippen LogP) is -2.23. The number of aliphatic hydroxyl groups is 4. The summed E-state index contributed by atoms with van der Waals surface area (Å²) in [7, 11) is 0. The SMILES string of the molecule is O=C(O)C1=CC[C@H]2C(C(=O)O)=CO[C@@H](O[C@@H]3O[C@H](CO)[C@@H](O)[C@H](O)[C@H]3O)[C@@H]12. The van der Waals surface area contributed by atoms with Crippen molar-refractivity contribution in [1.82, 2.24) is 0 Å². The molecule has 6 N–H and O–H groups in total. The fourth-order valence-corrected chi connectivity index (χ4v) is 3.59. The molecule has 1 saturated heterocycles. The van der Waals surface area contributed by atoms with Gasteiger partial charge in [0.25, 0.3) is 0 Å². The zero-order valence-corrected chi connectivity index (χ0v) is 13.9. The molecule has 3 rings (SSSR count). The minimum Gasteiger partial charge on any atom is -0.478 e. The second-order valence-corrected chi connectivity index (χ2v) is 6.55. The van der Waals surface area contributed by atoms with Gasteiger partial charge in [-0.1, -0.05) is 6.08 Å². The molecule has 0 aromatic rings. The lowest BCUT2D eigenvalue weighted by Gasteiger charge is -2.42. The molecule has 0 bridgehead atoms. The maximum atomic E-state index is 11.5. The summed E-state index contributed by atoms with van der Waals surface area (Å²) in [6, 6.07) is 0. The lowest BCUT2D eigenvalue weighted by Crippen LogP contribution is -2.60. The van der Waals surface area contributed by atoms with Crippen LogP contribution in [-0.4, -0.2) is 86.2 Å². The molecule has 11 heteroatoms. The van der Waals surface area contributed by atoms with Crippen LogP contribution < -0.4 is 0 Å². The van der Waals surface area contributed by atoms with Crippen molar-refractivity contribution in [1.29, 1.82) is 0 Å². The maximum Gasteiger partial charge on any atom is 0.335 e. The van der Waals surface area contributed by atoms with E-state index in [0.717, 1.165) is 6.26 Å². The summed E-state index contributed by atoms with van der Waals surface area (Å²) < 4.78 is 16.0. The zero-order chi connectivity index (χ0) is 19.9. The average molecular weight is 388 g/mol. The van der Waals surface area contributed by atoms with Gasteiger partial charge >= 0.3 is 11.9 Å². The van der Waals surface area contributed by atoms with E-state index < -0.39 is 67.4 Å². The summed E-state index contributed by atoms with van der Waals surface area (Å²) in [4.78, 5) is 22.9. The number of rotatable bonds is 5. The summed E-state index contributed by atoms with van der Waals surface area (Å²) in [5.74, 6) is -4.21. The molecule has 8 atom stereocenters. The molecule has 0 unspecified atom stereocenters. The lowest BCUT2D eigenvalue weighted by molar-refractivity contribution is -0.339. The summed E-state index contributed by atoms with van der Waals surface area (Å²) >= 11 is 0. The number of fused-ring (bicyclic) bond motifs is 1. The van der Waals surface area contributed by atoms with Crippen molar-refractivity contribution in [3.8, 4) is 0 Å². The third-order valence-electron chi connectivity index (χ3n) is 5.02. The Morgan fingerprint density at radius 3 is 2.30 bits per heavy atom. The van der Waals surface area contributed by atoms with E-state index in [4.69, 9.17) is 14.2 Å². The van der Waals surface area contributed by atoms with E-state index >= 15 is 0 Å². The number of carbonyl (C=O) groups is 2. The fraction of sp³-hybridized carbons (Fsp3) is 0.625. The summed E-state index contributed by atoms with van der Waals surface area (Å²) in [6.45, 7) is -0.661. The summed E-state index contributed by atoms with van der Waals surface area (Å²) in [5, 5.41) is 57.6. The highest BCUT2D eigenvalue weighted by Crippen LogP contribution is 2.44. The second kappa shape index (κ2) is 7.54. The Morgan fingerprint density at radius 1 is 1.04 bits per heavy atom. The molecule has 1 fully saturated rings. The monoisotopic (exact) mass is 388 g/mol. The molecule has 11 nitrogen and oxygen atoms in total. The molecule has 0 saturated carbocycles. The van der Waals surface area contributed by atoms with E-state index in [2.05, 4.69) is 0 Å². The molecule has 150 valence electrons. The molecule has 0 aromatic heterocycles. The number of carboxylic acid groups (broad SMARTS) is 2. The number of hydrogen-bond donors (Lipinski definition) is 6. The fourth-order valence-electron chi connectivity index (χ4n) is 3.59. The topological polar surface area (TPSA) is 183 Å². The molecular weight excluding hydrogens is 368 g/mol. The number of carboxylic acids is 2. The normalized spacial score (nSPS) is 41.2. The standard InChI is InChI=1S/C16H20O11/c17-3-8-10(18)11(19)12(20)16(26-8)27-15-9-5(1-2-6(9)13(21)22)7(4-25-15)14(23)24/h2,4-5,8-12,15-20H,1,3H2,(H,21,22)(H,23,24)/t5-,8+,9+,10+,11-,12+,15-,16-/m0/s1. The summed E-state index contributed by atoms with van der Waals surface area (Å²) in [5.41, 5.74) is -0.206. The second-order valence-electron chi connectivity index (χ2n) is 6.55. The van der Waals surface area contributed by atoms with Crippen molar-refractivity contribution in [2.45, 2.75) is 43.4 Å². The van der Waals surface area contributed by atoms with Crippen molar-refractivity contribution >= 4 is 11.9 Å². The van der Waals surface area contributed by atoms with E-state index in [1.165, 1.54) is 6.08 Å². The highest BCUT2D eigenvalue weighted by molar-refractivity contribution is 5.91. The first-order valence-electron chi connectivity index (χ1n) is 8.24. The van der Waals surface area contributed by atoms with E-state index in [9.17, 15) is 40.2 Å². The smallest absolute Gasteiger partial charge is 0.335 e. The highest BCUT2D eigenvalue weighted by Gasteiger charge is 2.50. The van der Waals surface area contributed by atoms with Gasteiger partial charge in [0.15, 0.2) is 6.29 Å². The van der Waals surface area contributed by atoms with Crippen LogP contribution in [0.5, 0.6) is 0 Å². The van der Waals surface area contributed by atoms with Crippen LogP contribution >= 0.6 is 0 Å². The molecule has 2 aliphatic heterocycles. The van der Waals surface area contributed by atoms with Gasteiger partial charge in [-0.2, -0.15) is 0 Å². The first-order valence-corrected chi connectivity index (χ1v) is 8.24. The van der Waals surface area contributed by atoms with E-state index in [0.29, 0.717) is 0 Å². The Kier molecular flexibility index (Phi) is 5.51. The largest absolute Gasteiger partial charge is 0.478 e. The quantitative estimate of drug-likeness (QED) is 0.300. The van der Waals surface area contributed by atoms with Crippen molar-refractivity contribution in [2.24, 2.45) is 11.8 Å². The van der Waals surface area contributed by atoms with Crippen LogP contribution in [0.1, 0.15) is 6.42 Å². The van der Waals surface area contributed by atoms with Gasteiger partial charge in [0.1, 0.15) is 24.4 Å². The Morgan fingerprint density at radius 2 is 1.70 bits per heavy atom. The zero-order valence-electron chi connectivity index (χ0n) is 13.9. The Bertz CT molecular complexity index is 669. The van der Waals surface area contributed by atoms with Gasteiger partial charge in [0, 0.05) is 11.5 Å². The minimum atomic E-state index is -1.70. The van der Waals surface area contributed by atoms with E-state index in [-0.39, 0.29) is 17.6 Å². The number of aliphatic carboxylic acids is 2. The summed E-state index contributed by atoms with van der Waals surface area (Å²) in [6.07, 6.45) is -6.53. The molecule has 2 heterocycles. The van der Waals surface area contributed by atoms with Crippen molar-refractivity contribution in [3.05, 3.63) is 23.5 Å². The molecular formula is C16H20O11. The van der Waals surface area contributed by atoms with Gasteiger partial charge in [0.05, 0.1) is 24.4 Å². The molecule has 0 amide bonds. The van der Waals surface area contributed by atoms with Crippen LogP contribution in [0.3, 0.4) is 0 Å². The Hall–Kier alpha value is -2.02. The molecule has 27 heavy (non-hydrogen) atoms. The Labute approximate surface area is 152 Å². The highest BCUT2D eigenvalue weighted by atomic mass is 16.8. The predicted molar refractivity (Wildman–Crippen MR) is 82.8 cm³/mol. The van der Waals surface area contributed by atoms with E-state index in [1.807, 2.05) is 0 Å². The Balaban J connectivity index is 1.84. The van der Waals surface area contributed by atoms with Gasteiger partial charge in [-0.15, -0.1) is 0 Å². The van der Waals surface area contributed by atoms with Crippen LogP contribution in [0.4, 0.5) is 0 Å². The number of aliphatic hydroxyl groups excluding tert-OH is 4. The van der Waals surface area contributed by atoms with Gasteiger partial charge in [-0.25, -0.2) is 9.59 Å². The van der Waals surface area contributed by atoms with Crippen LogP contribution in [0.15, 0.2) is 23.5 Å². The van der Waals surface area contributed by atoms with Crippen LogP contribution in [0.2, 0.25) is 0 Å². The van der Waals surface area contributed by atoms with E-state index in [1.54, 1.807) is 0 Å². The maximum absolute atomic E-state index is 11.5. The average Bonchev–Trinajstić information content (AvgIpc) is 3.07. The number of allylic oxidation sites excluding steroid dienone is 1. The van der Waals surface area contributed by atoms with Crippen LogP contribution in [0, 0.1) is 11.8 Å². The third kappa shape index (κ3) is 3.45. The van der Waals surface area contributed by atoms with Gasteiger partial charge < -0.3 is 44.8 Å². The van der Waals surface area contributed by atoms with Gasteiger partial charge in [0.2, 0.25) is 6.29 Å². The molecule has 0 aromatic carbocycles. The van der Waals surface area contributed by atoms with Crippen molar-refractivity contribution < 1.29 is 54.4 Å². The molecule has 3 aliphatic rings. The number of ether oxygens (including phenoxy) is 3. The lowest BCUT2D eigenvalue weighted by atomic mass is 9.83. The third-order valence-corrected chi connectivity index (χ3v) is 5.02. The van der Waals surface area contributed by atoms with Crippen LogP contribution in [-0.2, 0) is 23.8 Å². The molecule has 0 radical (unpaired) electrons. The first kappa shape index (κ1) is 19.7. The molecule has 1 aliphatic carbocycles. The number of hydrogen-bond acceptors (Lipinski definition) is 9. The first-order chi connectivity index (χ1) is 12.8.